The summed E-state index contributed by atoms with van der Waals surface area (Å²) in [5, 5.41) is 175. The van der Waals surface area contributed by atoms with Crippen LogP contribution >= 0.6 is 0 Å². The Balaban J connectivity index is 1.58. The largest absolute Gasteiger partial charge is 0.477 e. The molecule has 0 saturated carbocycles. The van der Waals surface area contributed by atoms with Gasteiger partial charge in [-0.1, -0.05) is 6.92 Å². The van der Waals surface area contributed by atoms with Crippen LogP contribution in [-0.2, 0) is 57.1 Å². The third-order valence-corrected chi connectivity index (χ3v) is 12.9. The molecule has 5 heterocycles. The zero-order chi connectivity index (χ0) is 52.1. The minimum atomic E-state index is -3.16. The van der Waals surface area contributed by atoms with Crippen LogP contribution in [0.3, 0.4) is 0 Å². The molecule has 5 aliphatic rings. The van der Waals surface area contributed by atoms with Gasteiger partial charge in [-0.05, 0) is 0 Å². The number of nitrogens with two attached hydrogens (primary N) is 1. The standard InChI is InChI=1S/C39H69N3O28/c1-12-14(49)6-39(38(59)60,69-29(12)21(51)15(50)7-43)70-33-28(58)37(66-30-18(10-46)62-34(26(56)25(30)55)42(3)61-5-4-40)65-19(11-47)31(33)67-35-20(41-13(2)48)32(23(53)17(9-45)63-35)68-36-27(57)24(54)22(52)16(8-44)64-36/h12,14-37,43-47,49-58H,4-11,40H2,1-3H3,(H,41,48)(H,59,60)/t12-,14?,15-,16?,17?,18?,19?,20?,21-,22+,23+,24+,25-,26?,27?,28?,29-,30-,31+,32-,33-,34-,35+,36+,37+,39+/m1/s1. The van der Waals surface area contributed by atoms with Gasteiger partial charge in [-0.25, -0.2) is 4.79 Å². The fourth-order valence-electron chi connectivity index (χ4n) is 8.88. The molecule has 0 radical (unpaired) electrons. The molecule has 5 rings (SSSR count). The van der Waals surface area contributed by atoms with Gasteiger partial charge in [0.25, 0.3) is 5.79 Å². The SMILES string of the molecule is CC(=O)NC1[C@H](O[C@H]2C(CO)O[C@@H](O[C@@H]3C(CO)O[C@@H](N(C)OCCN)C(O)[C@H]3O)C(O)[C@H]2O[C@]2(C(=O)O)CC(O)[C@@H](C)[C@H]([C@H](O)[C@H](O)CO)O2)OC(CO)[C@H](O)[C@@H]1O[C@@H]1OC(CO)[C@H](O)[C@H](O)C1O. The number of likely N-dealkylation sites (N-methyl/N-ethyl adjacent to an activating group) is 1. The van der Waals surface area contributed by atoms with E-state index < -0.39 is 210 Å². The molecule has 0 aromatic rings. The second kappa shape index (κ2) is 25.4. The molecule has 5 saturated heterocycles. The van der Waals surface area contributed by atoms with Crippen LogP contribution in [0.1, 0.15) is 20.3 Å². The predicted octanol–water partition coefficient (Wildman–Crippen LogP) is -11.5. The maximum absolute atomic E-state index is 13.4. The number of aliphatic carboxylic acids is 1. The lowest BCUT2D eigenvalue weighted by atomic mass is 9.84. The number of amides is 1. The van der Waals surface area contributed by atoms with Crippen LogP contribution in [0.15, 0.2) is 0 Å². The summed E-state index contributed by atoms with van der Waals surface area (Å²) < 4.78 is 52.9. The zero-order valence-electron chi connectivity index (χ0n) is 38.2. The number of carbonyl (C=O) groups excluding carboxylic acids is 1. The molecule has 408 valence electrons. The molecule has 1 amide bonds. The number of nitrogens with one attached hydrogen (secondary N) is 1. The quantitative estimate of drug-likeness (QED) is 0.0475. The van der Waals surface area contributed by atoms with Gasteiger partial charge in [0.2, 0.25) is 5.91 Å². The summed E-state index contributed by atoms with van der Waals surface area (Å²) in [4.78, 5) is 31.5. The molecule has 70 heavy (non-hydrogen) atoms. The van der Waals surface area contributed by atoms with Gasteiger partial charge in [-0.3, -0.25) is 9.63 Å². The average molecular weight is 1030 g/mol. The molecule has 26 atom stereocenters. The Morgan fingerprint density at radius 3 is 1.81 bits per heavy atom. The first-order valence-electron chi connectivity index (χ1n) is 22.4. The third kappa shape index (κ3) is 12.5. The fourth-order valence-corrected chi connectivity index (χ4v) is 8.88. The average Bonchev–Trinajstić information content (AvgIpc) is 3.33. The summed E-state index contributed by atoms with van der Waals surface area (Å²) in [6, 6.07) is -1.82. The van der Waals surface area contributed by atoms with Gasteiger partial charge < -0.3 is 135 Å². The number of ether oxygens (including phenoxy) is 9. The van der Waals surface area contributed by atoms with Crippen LogP contribution in [0, 0.1) is 5.92 Å². The van der Waals surface area contributed by atoms with Crippen LogP contribution in [-0.4, -0.2) is 305 Å². The Labute approximate surface area is 398 Å². The van der Waals surface area contributed by atoms with Crippen molar-refractivity contribution in [2.45, 2.75) is 173 Å². The maximum Gasteiger partial charge on any atom is 0.364 e. The molecule has 5 fully saturated rings. The molecular weight excluding hydrogens is 958 g/mol. The molecule has 5 aliphatic heterocycles. The topological polar surface area (TPSA) is 491 Å². The molecule has 0 aliphatic carbocycles. The number of carboxylic acid groups (broad SMARTS) is 1. The Hall–Kier alpha value is -2.14. The second-order valence-corrected chi connectivity index (χ2v) is 17.6. The van der Waals surface area contributed by atoms with Crippen molar-refractivity contribution in [3.63, 3.8) is 0 Å². The molecule has 19 N–H and O–H groups in total. The van der Waals surface area contributed by atoms with E-state index in [1.807, 2.05) is 0 Å². The number of aliphatic hydroxyl groups is 15. The van der Waals surface area contributed by atoms with E-state index in [-0.39, 0.29) is 13.2 Å². The van der Waals surface area contributed by atoms with Crippen molar-refractivity contribution in [1.82, 2.24) is 10.4 Å². The van der Waals surface area contributed by atoms with Crippen molar-refractivity contribution in [2.24, 2.45) is 11.7 Å². The Bertz CT molecular complexity index is 1650. The van der Waals surface area contributed by atoms with Crippen LogP contribution in [0.2, 0.25) is 0 Å². The normalized spacial score (nSPS) is 45.8. The van der Waals surface area contributed by atoms with Crippen molar-refractivity contribution in [2.75, 3.05) is 53.2 Å². The number of aliphatic hydroxyl groups excluding tert-OH is 15. The smallest absolute Gasteiger partial charge is 0.364 e. The van der Waals surface area contributed by atoms with Crippen molar-refractivity contribution < 1.29 is 139 Å². The zero-order valence-corrected chi connectivity index (χ0v) is 38.2. The summed E-state index contributed by atoms with van der Waals surface area (Å²) >= 11 is 0. The van der Waals surface area contributed by atoms with Crippen LogP contribution in [0.5, 0.6) is 0 Å². The number of hydrogen-bond donors (Lipinski definition) is 18. The minimum absolute atomic E-state index is 0.0427. The molecule has 0 aromatic heterocycles. The van der Waals surface area contributed by atoms with Gasteiger partial charge in [0.05, 0.1) is 51.8 Å². The Kier molecular flexibility index (Phi) is 21.3. The maximum atomic E-state index is 13.4. The lowest BCUT2D eigenvalue weighted by molar-refractivity contribution is -0.405. The first kappa shape index (κ1) is 58.7. The molecule has 31 heteroatoms. The summed E-state index contributed by atoms with van der Waals surface area (Å²) in [6.07, 6.45) is -45.4. The molecular formula is C39H69N3O28. The third-order valence-electron chi connectivity index (χ3n) is 12.9. The second-order valence-electron chi connectivity index (χ2n) is 17.6. The molecule has 0 bridgehead atoms. The monoisotopic (exact) mass is 1030 g/mol. The van der Waals surface area contributed by atoms with Gasteiger partial charge in [0.1, 0.15) is 110 Å². The van der Waals surface area contributed by atoms with E-state index in [0.29, 0.717) is 0 Å². The van der Waals surface area contributed by atoms with E-state index >= 15 is 0 Å². The van der Waals surface area contributed by atoms with E-state index in [9.17, 15) is 91.3 Å². The van der Waals surface area contributed by atoms with Crippen molar-refractivity contribution in [3.8, 4) is 0 Å². The predicted molar refractivity (Wildman–Crippen MR) is 219 cm³/mol. The van der Waals surface area contributed by atoms with Crippen LogP contribution in [0.4, 0.5) is 0 Å². The van der Waals surface area contributed by atoms with Crippen LogP contribution < -0.4 is 11.1 Å². The van der Waals surface area contributed by atoms with E-state index in [1.165, 1.54) is 14.0 Å². The molecule has 0 spiro atoms. The van der Waals surface area contributed by atoms with E-state index in [2.05, 4.69) is 5.32 Å². The van der Waals surface area contributed by atoms with Crippen LogP contribution in [0.25, 0.3) is 0 Å². The van der Waals surface area contributed by atoms with Gasteiger partial charge in [-0.15, -0.1) is 0 Å². The number of rotatable bonds is 21. The molecule has 0 aromatic carbocycles. The van der Waals surface area contributed by atoms with Crippen molar-refractivity contribution in [1.29, 1.82) is 0 Å². The van der Waals surface area contributed by atoms with Crippen molar-refractivity contribution >= 4 is 11.9 Å². The summed E-state index contributed by atoms with van der Waals surface area (Å²) in [5.41, 5.74) is 5.49. The lowest BCUT2D eigenvalue weighted by Crippen LogP contribution is -2.71. The van der Waals surface area contributed by atoms with Gasteiger partial charge in [0.15, 0.2) is 25.1 Å². The summed E-state index contributed by atoms with van der Waals surface area (Å²) in [7, 11) is 1.32. The fraction of sp³-hybridized carbons (Fsp3) is 0.949. The Morgan fingerprint density at radius 2 is 1.24 bits per heavy atom. The Morgan fingerprint density at radius 1 is 0.700 bits per heavy atom. The number of hydroxylamine groups is 2. The number of nitrogens with zero attached hydrogens (tertiary/aromatic N) is 1. The van der Waals surface area contributed by atoms with Crippen molar-refractivity contribution in [3.05, 3.63) is 0 Å². The summed E-state index contributed by atoms with van der Waals surface area (Å²) in [6.45, 7) is -2.81. The minimum Gasteiger partial charge on any atom is -0.477 e. The first-order valence-corrected chi connectivity index (χ1v) is 22.4. The summed E-state index contributed by atoms with van der Waals surface area (Å²) in [5.74, 6) is -7.25. The highest BCUT2D eigenvalue weighted by molar-refractivity contribution is 5.76. The highest BCUT2D eigenvalue weighted by atomic mass is 16.8. The number of carbonyl (C=O) groups is 2. The first-order chi connectivity index (χ1) is 33.0. The molecule has 9 unspecified atom stereocenters. The van der Waals surface area contributed by atoms with E-state index in [1.54, 1.807) is 0 Å². The number of hydrogen-bond acceptors (Lipinski definition) is 29. The van der Waals surface area contributed by atoms with E-state index in [0.717, 1.165) is 12.0 Å². The van der Waals surface area contributed by atoms with Gasteiger partial charge in [0, 0.05) is 32.9 Å². The highest BCUT2D eigenvalue weighted by Gasteiger charge is 2.61. The molecule has 31 nitrogen and oxygen atoms in total. The van der Waals surface area contributed by atoms with Gasteiger partial charge in [-0.2, -0.15) is 5.06 Å². The highest BCUT2D eigenvalue weighted by Crippen LogP contribution is 2.42. The van der Waals surface area contributed by atoms with Gasteiger partial charge >= 0.3 is 5.97 Å². The lowest BCUT2D eigenvalue weighted by Gasteiger charge is -2.52. The number of carboxylic acids is 1. The van der Waals surface area contributed by atoms with E-state index in [4.69, 9.17) is 53.2 Å².